The van der Waals surface area contributed by atoms with Crippen LogP contribution in [-0.4, -0.2) is 29.6 Å². The number of likely N-dealkylation sites (tertiary alicyclic amines) is 1. The van der Waals surface area contributed by atoms with E-state index < -0.39 is 18.1 Å². The van der Waals surface area contributed by atoms with E-state index in [0.717, 1.165) is 16.5 Å². The number of nitrogens with zero attached hydrogens (tertiary/aromatic N) is 1. The lowest BCUT2D eigenvalue weighted by Gasteiger charge is -2.21. The summed E-state index contributed by atoms with van der Waals surface area (Å²) in [6, 6.07) is 13.1. The van der Waals surface area contributed by atoms with Gasteiger partial charge in [-0.2, -0.15) is 0 Å². The summed E-state index contributed by atoms with van der Waals surface area (Å²) >= 11 is 0. The molecule has 2 atom stereocenters. The van der Waals surface area contributed by atoms with E-state index in [2.05, 4.69) is 0 Å². The zero-order valence-corrected chi connectivity index (χ0v) is 14.0. The van der Waals surface area contributed by atoms with Crippen molar-refractivity contribution in [1.29, 1.82) is 0 Å². The summed E-state index contributed by atoms with van der Waals surface area (Å²) in [5, 5.41) is 0.897. The Morgan fingerprint density at radius 2 is 1.96 bits per heavy atom. The lowest BCUT2D eigenvalue weighted by atomic mass is 10.1. The van der Waals surface area contributed by atoms with Crippen LogP contribution >= 0.6 is 0 Å². The van der Waals surface area contributed by atoms with Crippen molar-refractivity contribution < 1.29 is 18.0 Å². The number of carbonyl (C=O) groups excluding carboxylic acids is 1. The minimum Gasteiger partial charge on any atom is -0.456 e. The van der Waals surface area contributed by atoms with Crippen LogP contribution in [-0.2, 0) is 11.3 Å². The summed E-state index contributed by atoms with van der Waals surface area (Å²) < 4.78 is 32.6. The Hall–Kier alpha value is -2.73. The van der Waals surface area contributed by atoms with Gasteiger partial charge in [0.05, 0.1) is 6.04 Å². The molecule has 134 valence electrons. The number of alkyl halides is 1. The fraction of sp³-hybridized carbons (Fsp3) is 0.250. The van der Waals surface area contributed by atoms with Crippen LogP contribution in [0.15, 0.2) is 52.9 Å². The normalized spacial score (nSPS) is 20.7. The number of benzene rings is 2. The van der Waals surface area contributed by atoms with Crippen LogP contribution in [0.25, 0.3) is 22.3 Å². The molecule has 0 bridgehead atoms. The quantitative estimate of drug-likeness (QED) is 0.776. The molecule has 0 spiro atoms. The smallest absolute Gasteiger partial charge is 0.234 e. The topological polar surface area (TPSA) is 59.5 Å². The average Bonchev–Trinajstić information content (AvgIpc) is 3.18. The Morgan fingerprint density at radius 3 is 2.69 bits per heavy atom. The fourth-order valence-corrected chi connectivity index (χ4v) is 3.50. The Labute approximate surface area is 149 Å². The van der Waals surface area contributed by atoms with Gasteiger partial charge in [0.15, 0.2) is 0 Å². The Balaban J connectivity index is 1.59. The monoisotopic (exact) mass is 356 g/mol. The number of fused-ring (bicyclic) bond motifs is 1. The predicted octanol–water partition coefficient (Wildman–Crippen LogP) is 3.64. The van der Waals surface area contributed by atoms with Crippen molar-refractivity contribution in [3.05, 3.63) is 59.9 Å². The van der Waals surface area contributed by atoms with E-state index in [-0.39, 0.29) is 18.8 Å². The number of primary amides is 1. The van der Waals surface area contributed by atoms with Gasteiger partial charge in [0.25, 0.3) is 0 Å². The summed E-state index contributed by atoms with van der Waals surface area (Å²) in [6.45, 7) is 0.652. The van der Waals surface area contributed by atoms with E-state index >= 15 is 0 Å². The molecule has 1 aliphatic heterocycles. The van der Waals surface area contributed by atoms with Crippen LogP contribution in [0.2, 0.25) is 0 Å². The van der Waals surface area contributed by atoms with Gasteiger partial charge in [-0.05, 0) is 48.0 Å². The lowest BCUT2D eigenvalue weighted by Crippen LogP contribution is -2.39. The molecule has 0 aliphatic carbocycles. The first-order valence-corrected chi connectivity index (χ1v) is 8.45. The summed E-state index contributed by atoms with van der Waals surface area (Å²) in [6.07, 6.45) is -0.881. The summed E-state index contributed by atoms with van der Waals surface area (Å²) in [4.78, 5) is 13.3. The molecule has 4 rings (SSSR count). The van der Waals surface area contributed by atoms with Gasteiger partial charge in [0.2, 0.25) is 5.91 Å². The van der Waals surface area contributed by atoms with E-state index in [1.165, 1.54) is 12.1 Å². The highest BCUT2D eigenvalue weighted by atomic mass is 19.1. The molecule has 3 aromatic rings. The Morgan fingerprint density at radius 1 is 1.19 bits per heavy atom. The molecular weight excluding hydrogens is 338 g/mol. The maximum atomic E-state index is 13.7. The van der Waals surface area contributed by atoms with Crippen molar-refractivity contribution in [2.24, 2.45) is 5.73 Å². The molecule has 1 fully saturated rings. The van der Waals surface area contributed by atoms with Crippen molar-refractivity contribution in [3.8, 4) is 11.3 Å². The molecular formula is C20H18F2N2O2. The second-order valence-corrected chi connectivity index (χ2v) is 6.67. The fourth-order valence-electron chi connectivity index (χ4n) is 3.50. The van der Waals surface area contributed by atoms with Gasteiger partial charge < -0.3 is 10.2 Å². The number of amides is 1. The highest BCUT2D eigenvalue weighted by molar-refractivity contribution is 5.83. The number of rotatable bonds is 4. The molecule has 4 nitrogen and oxygen atoms in total. The third kappa shape index (κ3) is 3.20. The molecule has 26 heavy (non-hydrogen) atoms. The van der Waals surface area contributed by atoms with Crippen molar-refractivity contribution in [3.63, 3.8) is 0 Å². The number of halogens is 2. The summed E-state index contributed by atoms with van der Waals surface area (Å²) in [5.74, 6) is -0.141. The molecule has 1 saturated heterocycles. The summed E-state index contributed by atoms with van der Waals surface area (Å²) in [5.41, 5.74) is 7.83. The van der Waals surface area contributed by atoms with Crippen molar-refractivity contribution in [2.75, 3.05) is 6.54 Å². The third-order valence-electron chi connectivity index (χ3n) is 4.78. The second kappa shape index (κ2) is 6.53. The standard InChI is InChI=1S/C20H18F2N2O2/c21-15-4-2-13(3-5-15)19-8-14-7-12(1-6-18(14)26-19)10-24-11-16(22)9-17(24)20(23)25/h1-8,16-17H,9-11H2,(H2,23,25)/t16-,17-/m0/s1. The zero-order valence-electron chi connectivity index (χ0n) is 14.0. The van der Waals surface area contributed by atoms with E-state index in [4.69, 9.17) is 10.2 Å². The zero-order chi connectivity index (χ0) is 18.3. The van der Waals surface area contributed by atoms with Crippen LogP contribution in [0.5, 0.6) is 0 Å². The van der Waals surface area contributed by atoms with Gasteiger partial charge in [-0.1, -0.05) is 6.07 Å². The highest BCUT2D eigenvalue weighted by Gasteiger charge is 2.35. The van der Waals surface area contributed by atoms with Gasteiger partial charge in [-0.3, -0.25) is 9.69 Å². The minimum atomic E-state index is -1.03. The maximum Gasteiger partial charge on any atom is 0.234 e. The first-order chi connectivity index (χ1) is 12.5. The van der Waals surface area contributed by atoms with Crippen molar-refractivity contribution in [2.45, 2.75) is 25.2 Å². The molecule has 1 amide bonds. The van der Waals surface area contributed by atoms with Crippen LogP contribution in [0.3, 0.4) is 0 Å². The predicted molar refractivity (Wildman–Crippen MR) is 94.5 cm³/mol. The van der Waals surface area contributed by atoms with Crippen LogP contribution in [0.1, 0.15) is 12.0 Å². The first kappa shape index (κ1) is 16.7. The largest absolute Gasteiger partial charge is 0.456 e. The minimum absolute atomic E-state index is 0.151. The van der Waals surface area contributed by atoms with Crippen LogP contribution in [0, 0.1) is 5.82 Å². The number of furan rings is 1. The second-order valence-electron chi connectivity index (χ2n) is 6.67. The number of hydrogen-bond acceptors (Lipinski definition) is 3. The Bertz CT molecular complexity index is 952. The molecule has 0 radical (unpaired) electrons. The molecule has 1 aliphatic rings. The van der Waals surface area contributed by atoms with E-state index in [0.29, 0.717) is 17.9 Å². The van der Waals surface area contributed by atoms with Crippen LogP contribution < -0.4 is 5.73 Å². The number of hydrogen-bond donors (Lipinski definition) is 1. The SMILES string of the molecule is NC(=O)[C@@H]1C[C@H](F)CN1Cc1ccc2oc(-c3ccc(F)cc3)cc2c1. The molecule has 2 aromatic carbocycles. The summed E-state index contributed by atoms with van der Waals surface area (Å²) in [7, 11) is 0. The maximum absolute atomic E-state index is 13.7. The van der Waals surface area contributed by atoms with Crippen molar-refractivity contribution in [1.82, 2.24) is 4.90 Å². The molecule has 2 heterocycles. The van der Waals surface area contributed by atoms with E-state index in [9.17, 15) is 13.6 Å². The third-order valence-corrected chi connectivity index (χ3v) is 4.78. The number of nitrogens with two attached hydrogens (primary N) is 1. The number of carbonyl (C=O) groups is 1. The highest BCUT2D eigenvalue weighted by Crippen LogP contribution is 2.30. The van der Waals surface area contributed by atoms with Crippen LogP contribution in [0.4, 0.5) is 8.78 Å². The molecule has 0 unspecified atom stereocenters. The van der Waals surface area contributed by atoms with E-state index in [1.807, 2.05) is 24.3 Å². The van der Waals surface area contributed by atoms with Crippen molar-refractivity contribution >= 4 is 16.9 Å². The lowest BCUT2D eigenvalue weighted by molar-refractivity contribution is -0.122. The van der Waals surface area contributed by atoms with E-state index in [1.54, 1.807) is 17.0 Å². The first-order valence-electron chi connectivity index (χ1n) is 8.45. The molecule has 2 N–H and O–H groups in total. The molecule has 0 saturated carbocycles. The van der Waals surface area contributed by atoms with Gasteiger partial charge in [-0.15, -0.1) is 0 Å². The van der Waals surface area contributed by atoms with Gasteiger partial charge in [0, 0.05) is 30.5 Å². The van der Waals surface area contributed by atoms with Gasteiger partial charge in [0.1, 0.15) is 23.3 Å². The van der Waals surface area contributed by atoms with Gasteiger partial charge >= 0.3 is 0 Å². The Kier molecular flexibility index (Phi) is 4.20. The average molecular weight is 356 g/mol. The molecule has 6 heteroatoms. The molecule has 1 aromatic heterocycles. The van der Waals surface area contributed by atoms with Gasteiger partial charge in [-0.25, -0.2) is 8.78 Å².